The summed E-state index contributed by atoms with van der Waals surface area (Å²) in [6.07, 6.45) is 5.85. The van der Waals surface area contributed by atoms with Crippen molar-refractivity contribution in [1.29, 1.82) is 0 Å². The number of sulfone groups is 1. The van der Waals surface area contributed by atoms with Crippen molar-refractivity contribution >= 4 is 21.6 Å². The molecule has 9 heteroatoms. The lowest BCUT2D eigenvalue weighted by Gasteiger charge is -2.25. The molecular formula is C19H21FN4O3S. The van der Waals surface area contributed by atoms with E-state index < -0.39 is 9.84 Å². The number of terminal acetylenes is 1. The Labute approximate surface area is 163 Å². The van der Waals surface area contributed by atoms with Crippen LogP contribution in [-0.2, 0) is 14.6 Å². The maximum absolute atomic E-state index is 13.2. The van der Waals surface area contributed by atoms with E-state index in [2.05, 4.69) is 16.3 Å². The number of aryl methyl sites for hydroxylation is 1. The number of nitrogens with one attached hydrogen (secondary N) is 1. The highest BCUT2D eigenvalue weighted by Gasteiger charge is 2.32. The number of benzene rings is 1. The third-order valence-corrected chi connectivity index (χ3v) is 6.29. The summed E-state index contributed by atoms with van der Waals surface area (Å²) in [5, 5.41) is 7.12. The molecule has 3 rings (SSSR count). The number of amides is 1. The first-order valence-electron chi connectivity index (χ1n) is 8.78. The Kier molecular flexibility index (Phi) is 5.82. The van der Waals surface area contributed by atoms with Gasteiger partial charge in [-0.15, -0.1) is 6.42 Å². The molecule has 0 aliphatic carbocycles. The Morgan fingerprint density at radius 2 is 2.14 bits per heavy atom. The van der Waals surface area contributed by atoms with E-state index in [9.17, 15) is 17.6 Å². The van der Waals surface area contributed by atoms with Crippen LogP contribution in [0.3, 0.4) is 0 Å². The van der Waals surface area contributed by atoms with Gasteiger partial charge in [-0.25, -0.2) is 17.5 Å². The number of halogens is 1. The van der Waals surface area contributed by atoms with Crippen LogP contribution in [0.1, 0.15) is 12.1 Å². The van der Waals surface area contributed by atoms with Crippen molar-refractivity contribution in [3.8, 4) is 18.0 Å². The second kappa shape index (κ2) is 8.12. The molecule has 0 saturated carbocycles. The predicted octanol–water partition coefficient (Wildman–Crippen LogP) is 1.38. The number of aromatic nitrogens is 2. The molecule has 1 amide bonds. The highest BCUT2D eigenvalue weighted by molar-refractivity contribution is 7.91. The number of carbonyl (C=O) groups excluding carboxylic acids is 1. The summed E-state index contributed by atoms with van der Waals surface area (Å²) in [4.78, 5) is 14.3. The van der Waals surface area contributed by atoms with Crippen molar-refractivity contribution in [1.82, 2.24) is 14.7 Å². The summed E-state index contributed by atoms with van der Waals surface area (Å²) < 4.78 is 38.2. The molecule has 2 heterocycles. The van der Waals surface area contributed by atoms with Crippen LogP contribution in [0, 0.1) is 25.1 Å². The van der Waals surface area contributed by atoms with Crippen LogP contribution in [0.15, 0.2) is 30.3 Å². The van der Waals surface area contributed by atoms with E-state index in [1.165, 1.54) is 16.8 Å². The van der Waals surface area contributed by atoms with Crippen LogP contribution >= 0.6 is 0 Å². The molecule has 1 aromatic heterocycles. The zero-order valence-corrected chi connectivity index (χ0v) is 16.2. The fourth-order valence-electron chi connectivity index (χ4n) is 3.23. The number of nitrogens with zero attached hydrogens (tertiary/aromatic N) is 3. The number of hydrogen-bond acceptors (Lipinski definition) is 5. The summed E-state index contributed by atoms with van der Waals surface area (Å²) in [5.41, 5.74) is 1.29. The Balaban J connectivity index is 1.74. The van der Waals surface area contributed by atoms with E-state index >= 15 is 0 Å². The van der Waals surface area contributed by atoms with E-state index in [0.717, 1.165) is 0 Å². The van der Waals surface area contributed by atoms with Gasteiger partial charge in [0.05, 0.1) is 36.0 Å². The van der Waals surface area contributed by atoms with Gasteiger partial charge in [-0.1, -0.05) is 5.92 Å². The second-order valence-electron chi connectivity index (χ2n) is 6.77. The smallest absolute Gasteiger partial charge is 0.239 e. The Morgan fingerprint density at radius 3 is 2.75 bits per heavy atom. The summed E-state index contributed by atoms with van der Waals surface area (Å²) in [6, 6.07) is 7.18. The minimum atomic E-state index is -3.08. The van der Waals surface area contributed by atoms with E-state index in [0.29, 0.717) is 23.6 Å². The van der Waals surface area contributed by atoms with Crippen LogP contribution < -0.4 is 5.32 Å². The van der Waals surface area contributed by atoms with E-state index in [1.54, 1.807) is 30.0 Å². The predicted molar refractivity (Wildman–Crippen MR) is 104 cm³/mol. The van der Waals surface area contributed by atoms with E-state index in [1.807, 2.05) is 0 Å². The zero-order valence-electron chi connectivity index (χ0n) is 15.4. The fourth-order valence-corrected chi connectivity index (χ4v) is 4.99. The summed E-state index contributed by atoms with van der Waals surface area (Å²) in [7, 11) is -3.08. The molecular weight excluding hydrogens is 383 g/mol. The first-order chi connectivity index (χ1) is 13.3. The molecule has 7 nitrogen and oxygen atoms in total. The van der Waals surface area contributed by atoms with Gasteiger partial charge < -0.3 is 5.32 Å². The summed E-state index contributed by atoms with van der Waals surface area (Å²) in [5.74, 6) is 2.34. The van der Waals surface area contributed by atoms with Gasteiger partial charge in [0.15, 0.2) is 9.84 Å². The lowest BCUT2D eigenvalue weighted by Crippen LogP contribution is -2.42. The molecule has 0 radical (unpaired) electrons. The molecule has 2 aromatic rings. The van der Waals surface area contributed by atoms with Crippen molar-refractivity contribution in [2.24, 2.45) is 0 Å². The SMILES string of the molecule is C#CCN(CC(=O)Nc1cc(C)nn1-c1ccc(F)cc1)C1CCS(=O)(=O)C1. The number of hydrogen-bond donors (Lipinski definition) is 1. The first-order valence-corrected chi connectivity index (χ1v) is 10.6. The van der Waals surface area contributed by atoms with Crippen molar-refractivity contribution < 1.29 is 17.6 Å². The lowest BCUT2D eigenvalue weighted by molar-refractivity contribution is -0.117. The summed E-state index contributed by atoms with van der Waals surface area (Å²) in [6.45, 7) is 1.94. The molecule has 1 aliphatic rings. The van der Waals surface area contributed by atoms with E-state index in [4.69, 9.17) is 6.42 Å². The largest absolute Gasteiger partial charge is 0.309 e. The molecule has 0 bridgehead atoms. The van der Waals surface area contributed by atoms with Crippen LogP contribution in [0.5, 0.6) is 0 Å². The average Bonchev–Trinajstić information content (AvgIpc) is 3.17. The number of rotatable bonds is 6. The van der Waals surface area contributed by atoms with Gasteiger partial charge in [-0.2, -0.15) is 5.10 Å². The van der Waals surface area contributed by atoms with Gasteiger partial charge in [0.25, 0.3) is 0 Å². The molecule has 1 fully saturated rings. The molecule has 1 unspecified atom stereocenters. The minimum absolute atomic E-state index is 0.00851. The fraction of sp³-hybridized carbons (Fsp3) is 0.368. The second-order valence-corrected chi connectivity index (χ2v) is 9.00. The quantitative estimate of drug-likeness (QED) is 0.736. The van der Waals surface area contributed by atoms with Crippen LogP contribution in [-0.4, -0.2) is 59.6 Å². The van der Waals surface area contributed by atoms with Gasteiger partial charge in [-0.3, -0.25) is 9.69 Å². The van der Waals surface area contributed by atoms with Gasteiger partial charge in [-0.05, 0) is 37.6 Å². The van der Waals surface area contributed by atoms with Gasteiger partial charge >= 0.3 is 0 Å². The molecule has 148 valence electrons. The van der Waals surface area contributed by atoms with Crippen LogP contribution in [0.25, 0.3) is 5.69 Å². The summed E-state index contributed by atoms with van der Waals surface area (Å²) >= 11 is 0. The van der Waals surface area contributed by atoms with E-state index in [-0.39, 0.29) is 42.4 Å². The Bertz CT molecular complexity index is 1010. The minimum Gasteiger partial charge on any atom is -0.309 e. The first kappa shape index (κ1) is 20.0. The Hall–Kier alpha value is -2.70. The van der Waals surface area contributed by atoms with Crippen molar-refractivity contribution in [3.63, 3.8) is 0 Å². The molecule has 1 aromatic carbocycles. The van der Waals surface area contributed by atoms with Crippen molar-refractivity contribution in [3.05, 3.63) is 41.8 Å². The average molecular weight is 404 g/mol. The molecule has 28 heavy (non-hydrogen) atoms. The zero-order chi connectivity index (χ0) is 20.3. The third-order valence-electron chi connectivity index (χ3n) is 4.54. The van der Waals surface area contributed by atoms with Crippen LogP contribution in [0.2, 0.25) is 0 Å². The van der Waals surface area contributed by atoms with Gasteiger partial charge in [0.1, 0.15) is 11.6 Å². The molecule has 1 aliphatic heterocycles. The number of anilines is 1. The standard InChI is InChI=1S/C19H21FN4O3S/c1-3-9-23(17-8-10-28(26,27)13-17)12-19(25)21-18-11-14(2)22-24(18)16-6-4-15(20)5-7-16/h1,4-7,11,17H,8-10,12-13H2,2H3,(H,21,25). The highest BCUT2D eigenvalue weighted by atomic mass is 32.2. The third kappa shape index (κ3) is 4.77. The molecule has 1 saturated heterocycles. The van der Waals surface area contributed by atoms with Crippen molar-refractivity contribution in [2.75, 3.05) is 29.9 Å². The van der Waals surface area contributed by atoms with Gasteiger partial charge in [0, 0.05) is 12.1 Å². The van der Waals surface area contributed by atoms with Crippen LogP contribution in [0.4, 0.5) is 10.2 Å². The molecule has 0 spiro atoms. The monoisotopic (exact) mass is 404 g/mol. The topological polar surface area (TPSA) is 84.3 Å². The lowest BCUT2D eigenvalue weighted by atomic mass is 10.2. The number of carbonyl (C=O) groups is 1. The molecule has 1 N–H and O–H groups in total. The maximum Gasteiger partial charge on any atom is 0.239 e. The normalized spacial score (nSPS) is 18.1. The van der Waals surface area contributed by atoms with Gasteiger partial charge in [0.2, 0.25) is 5.91 Å². The molecule has 1 atom stereocenters. The Morgan fingerprint density at radius 1 is 1.43 bits per heavy atom. The maximum atomic E-state index is 13.2. The highest BCUT2D eigenvalue weighted by Crippen LogP contribution is 2.19. The van der Waals surface area contributed by atoms with Crippen molar-refractivity contribution in [2.45, 2.75) is 19.4 Å².